The summed E-state index contributed by atoms with van der Waals surface area (Å²) in [5.41, 5.74) is 0. The van der Waals surface area contributed by atoms with E-state index in [1.165, 1.54) is 32.1 Å². The molecule has 2 aliphatic heterocycles. The van der Waals surface area contributed by atoms with Gasteiger partial charge in [-0.15, -0.1) is 0 Å². The molecule has 2 saturated heterocycles. The van der Waals surface area contributed by atoms with E-state index in [-0.39, 0.29) is 5.91 Å². The Morgan fingerprint density at radius 1 is 0.885 bits per heavy atom. The molecule has 2 saturated carbocycles. The van der Waals surface area contributed by atoms with Gasteiger partial charge in [-0.3, -0.25) is 14.5 Å². The van der Waals surface area contributed by atoms with Crippen LogP contribution in [0.3, 0.4) is 0 Å². The molecule has 4 aliphatic rings. The maximum absolute atomic E-state index is 12.7. The van der Waals surface area contributed by atoms with Gasteiger partial charge in [0.25, 0.3) is 0 Å². The lowest BCUT2D eigenvalue weighted by atomic mass is 9.86. The number of amides is 2. The van der Waals surface area contributed by atoms with Crippen molar-refractivity contribution in [2.75, 3.05) is 39.3 Å². The molecule has 146 valence electrons. The molecule has 5 heteroatoms. The molecule has 5 nitrogen and oxygen atoms in total. The Morgan fingerprint density at radius 3 is 2.35 bits per heavy atom. The van der Waals surface area contributed by atoms with Crippen molar-refractivity contribution in [1.29, 1.82) is 0 Å². The van der Waals surface area contributed by atoms with Gasteiger partial charge in [0.05, 0.1) is 6.54 Å². The number of nitrogens with zero attached hydrogens (tertiary/aromatic N) is 3. The second-order valence-electron chi connectivity index (χ2n) is 9.23. The lowest BCUT2D eigenvalue weighted by molar-refractivity contribution is -0.137. The molecular formula is C21H35N3O2. The highest BCUT2D eigenvalue weighted by Gasteiger charge is 2.40. The van der Waals surface area contributed by atoms with E-state index >= 15 is 0 Å². The quantitative estimate of drug-likeness (QED) is 0.772. The van der Waals surface area contributed by atoms with Crippen molar-refractivity contribution in [1.82, 2.24) is 14.7 Å². The van der Waals surface area contributed by atoms with E-state index in [9.17, 15) is 9.59 Å². The van der Waals surface area contributed by atoms with Gasteiger partial charge >= 0.3 is 0 Å². The molecule has 0 N–H and O–H groups in total. The van der Waals surface area contributed by atoms with E-state index in [1.807, 2.05) is 0 Å². The first-order chi connectivity index (χ1) is 12.6. The summed E-state index contributed by atoms with van der Waals surface area (Å²) >= 11 is 0. The van der Waals surface area contributed by atoms with Crippen molar-refractivity contribution >= 4 is 11.8 Å². The number of piperidine rings is 1. The van der Waals surface area contributed by atoms with E-state index in [1.54, 1.807) is 0 Å². The molecule has 4 rings (SSSR count). The van der Waals surface area contributed by atoms with Crippen LogP contribution in [-0.2, 0) is 9.59 Å². The molecule has 0 aromatic rings. The number of hydrogen-bond acceptors (Lipinski definition) is 3. The van der Waals surface area contributed by atoms with Gasteiger partial charge in [-0.25, -0.2) is 0 Å². The van der Waals surface area contributed by atoms with Crippen molar-refractivity contribution in [2.24, 2.45) is 17.8 Å². The number of piperazine rings is 1. The summed E-state index contributed by atoms with van der Waals surface area (Å²) < 4.78 is 0. The molecule has 2 heterocycles. The number of likely N-dealkylation sites (tertiary alicyclic amines) is 1. The summed E-state index contributed by atoms with van der Waals surface area (Å²) in [5.74, 6) is 3.03. The summed E-state index contributed by atoms with van der Waals surface area (Å²) in [6.07, 6.45) is 9.71. The maximum atomic E-state index is 12.7. The summed E-state index contributed by atoms with van der Waals surface area (Å²) in [6, 6.07) is 0.390. The van der Waals surface area contributed by atoms with Gasteiger partial charge in [-0.05, 0) is 63.2 Å². The zero-order valence-corrected chi connectivity index (χ0v) is 16.4. The molecule has 0 radical (unpaired) electrons. The molecule has 0 spiro atoms. The van der Waals surface area contributed by atoms with Crippen LogP contribution in [0.4, 0.5) is 0 Å². The van der Waals surface area contributed by atoms with Gasteiger partial charge in [0, 0.05) is 45.2 Å². The Bertz CT molecular complexity index is 529. The van der Waals surface area contributed by atoms with Gasteiger partial charge < -0.3 is 9.80 Å². The van der Waals surface area contributed by atoms with Crippen molar-refractivity contribution in [3.05, 3.63) is 0 Å². The summed E-state index contributed by atoms with van der Waals surface area (Å²) in [5, 5.41) is 0. The van der Waals surface area contributed by atoms with Crippen LogP contribution in [0.25, 0.3) is 0 Å². The minimum absolute atomic E-state index is 0.277. The van der Waals surface area contributed by atoms with Crippen LogP contribution >= 0.6 is 0 Å². The summed E-state index contributed by atoms with van der Waals surface area (Å²) in [6.45, 7) is 6.89. The molecule has 26 heavy (non-hydrogen) atoms. The first kappa shape index (κ1) is 18.3. The minimum atomic E-state index is 0.277. The average molecular weight is 362 g/mol. The van der Waals surface area contributed by atoms with E-state index in [2.05, 4.69) is 21.6 Å². The second-order valence-corrected chi connectivity index (χ2v) is 9.23. The Kier molecular flexibility index (Phi) is 5.53. The zero-order valence-electron chi connectivity index (χ0n) is 16.4. The van der Waals surface area contributed by atoms with Crippen molar-refractivity contribution in [2.45, 2.75) is 64.3 Å². The van der Waals surface area contributed by atoms with Crippen LogP contribution in [0.2, 0.25) is 0 Å². The molecule has 0 aromatic heterocycles. The number of rotatable bonds is 4. The number of carbonyl (C=O) groups excluding carboxylic acids is 2. The summed E-state index contributed by atoms with van der Waals surface area (Å²) in [7, 11) is 0. The van der Waals surface area contributed by atoms with Crippen molar-refractivity contribution < 1.29 is 9.59 Å². The molecule has 4 fully saturated rings. The standard InChI is InChI=1S/C21H35N3O2/c1-16-4-2-3-7-24(16)21(26)15-22-8-10-23(11-9-22)20(25)14-19-13-17-5-6-18(19)12-17/h16-19H,2-15H2,1H3/t16-,17+,18+,19+/m1/s1. The highest BCUT2D eigenvalue weighted by atomic mass is 16.2. The van der Waals surface area contributed by atoms with Gasteiger partial charge in [0.2, 0.25) is 11.8 Å². The third kappa shape index (κ3) is 3.92. The molecule has 4 atom stereocenters. The van der Waals surface area contributed by atoms with Crippen LogP contribution in [0.15, 0.2) is 0 Å². The molecule has 0 unspecified atom stereocenters. The third-order valence-corrected chi connectivity index (χ3v) is 7.53. The first-order valence-corrected chi connectivity index (χ1v) is 10.9. The number of carbonyl (C=O) groups is 2. The van der Waals surface area contributed by atoms with Gasteiger partial charge in [-0.1, -0.05) is 6.42 Å². The Morgan fingerprint density at radius 2 is 1.69 bits per heavy atom. The van der Waals surface area contributed by atoms with Crippen molar-refractivity contribution in [3.63, 3.8) is 0 Å². The van der Waals surface area contributed by atoms with Crippen LogP contribution in [0.5, 0.6) is 0 Å². The normalized spacial score (nSPS) is 35.1. The van der Waals surface area contributed by atoms with Crippen LogP contribution in [-0.4, -0.2) is 71.8 Å². The number of hydrogen-bond donors (Lipinski definition) is 0. The minimum Gasteiger partial charge on any atom is -0.340 e. The SMILES string of the molecule is C[C@@H]1CCCCN1C(=O)CN1CCN(C(=O)C[C@@H]2C[C@H]3CC[C@H]2C3)CC1. The summed E-state index contributed by atoms with van der Waals surface area (Å²) in [4.78, 5) is 31.6. The fourth-order valence-corrected chi connectivity index (χ4v) is 5.89. The van der Waals surface area contributed by atoms with E-state index in [4.69, 9.17) is 0 Å². The Labute approximate surface area is 158 Å². The lowest BCUT2D eigenvalue weighted by Gasteiger charge is -2.38. The molecule has 2 aliphatic carbocycles. The Hall–Kier alpha value is -1.10. The number of fused-ring (bicyclic) bond motifs is 2. The smallest absolute Gasteiger partial charge is 0.236 e. The predicted octanol–water partition coefficient (Wildman–Crippen LogP) is 2.36. The highest BCUT2D eigenvalue weighted by molar-refractivity contribution is 5.79. The van der Waals surface area contributed by atoms with Gasteiger partial charge in [-0.2, -0.15) is 0 Å². The van der Waals surface area contributed by atoms with Crippen molar-refractivity contribution in [3.8, 4) is 0 Å². The topological polar surface area (TPSA) is 43.9 Å². The Balaban J connectivity index is 1.20. The lowest BCUT2D eigenvalue weighted by Crippen LogP contribution is -2.53. The van der Waals surface area contributed by atoms with E-state index < -0.39 is 0 Å². The zero-order chi connectivity index (χ0) is 18.1. The van der Waals surface area contributed by atoms with Crippen LogP contribution < -0.4 is 0 Å². The first-order valence-electron chi connectivity index (χ1n) is 10.9. The van der Waals surface area contributed by atoms with E-state index in [0.717, 1.165) is 63.8 Å². The molecular weight excluding hydrogens is 326 g/mol. The molecule has 0 aromatic carbocycles. The monoisotopic (exact) mass is 361 g/mol. The van der Waals surface area contributed by atoms with Gasteiger partial charge in [0.15, 0.2) is 0 Å². The fourth-order valence-electron chi connectivity index (χ4n) is 5.89. The molecule has 2 amide bonds. The largest absolute Gasteiger partial charge is 0.340 e. The fraction of sp³-hybridized carbons (Fsp3) is 0.905. The van der Waals surface area contributed by atoms with Crippen LogP contribution in [0.1, 0.15) is 58.3 Å². The average Bonchev–Trinajstić information content (AvgIpc) is 3.25. The maximum Gasteiger partial charge on any atom is 0.236 e. The molecule has 2 bridgehead atoms. The second kappa shape index (κ2) is 7.87. The van der Waals surface area contributed by atoms with E-state index in [0.29, 0.717) is 24.4 Å². The predicted molar refractivity (Wildman–Crippen MR) is 102 cm³/mol. The third-order valence-electron chi connectivity index (χ3n) is 7.53. The highest BCUT2D eigenvalue weighted by Crippen LogP contribution is 2.49. The van der Waals surface area contributed by atoms with Crippen LogP contribution in [0, 0.1) is 17.8 Å². The van der Waals surface area contributed by atoms with Gasteiger partial charge in [0.1, 0.15) is 0 Å².